The van der Waals surface area contributed by atoms with Gasteiger partial charge in [-0.1, -0.05) is 19.9 Å². The summed E-state index contributed by atoms with van der Waals surface area (Å²) in [7, 11) is -3.03. The van der Waals surface area contributed by atoms with Crippen molar-refractivity contribution in [2.45, 2.75) is 56.4 Å². The van der Waals surface area contributed by atoms with Crippen LogP contribution in [0.3, 0.4) is 0 Å². The third-order valence-corrected chi connectivity index (χ3v) is 9.01. The fraction of sp³-hybridized carbons (Fsp3) is 0.571. The number of rotatable bonds is 5. The molecule has 1 amide bonds. The maximum Gasteiger partial charge on any atom is 0.416 e. The summed E-state index contributed by atoms with van der Waals surface area (Å²) < 4.78 is 52.0. The molecule has 1 fully saturated rings. The number of alkyl halides is 3. The van der Waals surface area contributed by atoms with Crippen LogP contribution in [-0.2, 0) is 20.5 Å². The van der Waals surface area contributed by atoms with Crippen LogP contribution >= 0.6 is 0 Å². The highest BCUT2D eigenvalue weighted by molar-refractivity contribution is 8.01. The van der Waals surface area contributed by atoms with Crippen molar-refractivity contribution >= 4 is 27.0 Å². The van der Waals surface area contributed by atoms with Crippen LogP contribution in [-0.4, -0.2) is 44.4 Å². The molecule has 1 aliphatic rings. The number of nitrogens with one attached hydrogen (secondary N) is 1. The van der Waals surface area contributed by atoms with E-state index in [0.717, 1.165) is 12.1 Å². The van der Waals surface area contributed by atoms with Crippen molar-refractivity contribution in [2.24, 2.45) is 11.8 Å². The normalized spacial score (nSPS) is 18.6. The quantitative estimate of drug-likeness (QED) is 0.553. The van der Waals surface area contributed by atoms with Crippen molar-refractivity contribution in [3.8, 4) is 0 Å². The molecule has 1 heterocycles. The Labute approximate surface area is 171 Å². The minimum atomic E-state index is -4.51. The van der Waals surface area contributed by atoms with Gasteiger partial charge >= 0.3 is 6.18 Å². The Balaban J connectivity index is 2.21. The second-order valence-corrected chi connectivity index (χ2v) is 11.3. The summed E-state index contributed by atoms with van der Waals surface area (Å²) in [6, 6.07) is 4.59. The van der Waals surface area contributed by atoms with Crippen molar-refractivity contribution in [1.29, 1.82) is 5.41 Å². The first-order valence-corrected chi connectivity index (χ1v) is 11.3. The van der Waals surface area contributed by atoms with Crippen LogP contribution in [0, 0.1) is 17.2 Å². The zero-order chi connectivity index (χ0) is 22.2. The maximum absolute atomic E-state index is 13.6. The van der Waals surface area contributed by atoms with Crippen molar-refractivity contribution in [3.05, 3.63) is 29.8 Å². The van der Waals surface area contributed by atoms with Crippen LogP contribution in [0.1, 0.15) is 46.1 Å². The first-order chi connectivity index (χ1) is 13.2. The lowest BCUT2D eigenvalue weighted by atomic mass is 9.85. The van der Waals surface area contributed by atoms with Gasteiger partial charge in [0.05, 0.1) is 11.3 Å². The molecule has 1 aromatic rings. The molecule has 2 rings (SSSR count). The number of hydrogen-bond acceptors (Lipinski definition) is 3. The number of halogens is 3. The van der Waals surface area contributed by atoms with E-state index < -0.39 is 26.0 Å². The average molecular weight is 431 g/mol. The van der Waals surface area contributed by atoms with Gasteiger partial charge < -0.3 is 4.90 Å². The molecule has 1 saturated heterocycles. The highest BCUT2D eigenvalue weighted by Crippen LogP contribution is 2.39. The molecule has 0 saturated carbocycles. The lowest BCUT2D eigenvalue weighted by Gasteiger charge is -2.42. The third-order valence-electron chi connectivity index (χ3n) is 5.97. The minimum absolute atomic E-state index is 0.0626. The Bertz CT molecular complexity index is 881. The van der Waals surface area contributed by atoms with E-state index in [4.69, 9.17) is 5.41 Å². The van der Waals surface area contributed by atoms with Gasteiger partial charge in [0.2, 0.25) is 0 Å². The van der Waals surface area contributed by atoms with Crippen LogP contribution in [0.4, 0.5) is 13.2 Å². The molecule has 0 aromatic heterocycles. The molecule has 1 unspecified atom stereocenters. The number of carbonyl (C=O) groups excluding carboxylic acids is 1. The first-order valence-electron chi connectivity index (χ1n) is 9.61. The molecular formula is C21H29F3N2O2S. The van der Waals surface area contributed by atoms with E-state index in [1.165, 1.54) is 12.1 Å². The Morgan fingerprint density at radius 2 is 1.79 bits per heavy atom. The molecule has 162 valence electrons. The maximum atomic E-state index is 13.6. The summed E-state index contributed by atoms with van der Waals surface area (Å²) in [5, 5.41) is 7.90. The summed E-state index contributed by atoms with van der Waals surface area (Å²) in [4.78, 5) is 14.1. The van der Waals surface area contributed by atoms with E-state index in [1.54, 1.807) is 32.6 Å². The molecular weight excluding hydrogens is 401 g/mol. The Kier molecular flexibility index (Phi) is 6.57. The highest BCUT2D eigenvalue weighted by atomic mass is 32.2. The monoisotopic (exact) mass is 430 g/mol. The lowest BCUT2D eigenvalue weighted by Crippen LogP contribution is -2.49. The van der Waals surface area contributed by atoms with Gasteiger partial charge in [-0.2, -0.15) is 13.2 Å². The minimum Gasteiger partial charge on any atom is -0.338 e. The molecule has 0 bridgehead atoms. The largest absolute Gasteiger partial charge is 0.416 e. The van der Waals surface area contributed by atoms with Crippen molar-refractivity contribution in [3.63, 3.8) is 0 Å². The average Bonchev–Trinajstić information content (AvgIpc) is 2.66. The molecule has 0 spiro atoms. The fourth-order valence-electron chi connectivity index (χ4n) is 3.65. The number of benzene rings is 1. The van der Waals surface area contributed by atoms with E-state index in [9.17, 15) is 22.2 Å². The molecule has 1 aromatic carbocycles. The highest BCUT2D eigenvalue weighted by Gasteiger charge is 2.41. The van der Waals surface area contributed by atoms with Crippen LogP contribution in [0.25, 0.3) is 0 Å². The Morgan fingerprint density at radius 3 is 2.28 bits per heavy atom. The van der Waals surface area contributed by atoms with Gasteiger partial charge in [-0.25, -0.2) is 0 Å². The summed E-state index contributed by atoms with van der Waals surface area (Å²) >= 11 is 0. The van der Waals surface area contributed by atoms with Gasteiger partial charge in [-0.15, -0.1) is 0 Å². The predicted octanol–water partition coefficient (Wildman–Crippen LogP) is 4.47. The standard InChI is InChI=1S/C21H29F3N2O2S/c1-14(2)18(25)19(27)26-11-9-15(10-12-26)20(3,4)29(5,28)17-8-6-7-16(13-17)21(22,23)24/h6-8,13-15,25H,5,9-12H2,1-4H3. The van der Waals surface area contributed by atoms with Gasteiger partial charge in [0, 0.05) is 38.2 Å². The molecule has 0 aliphatic carbocycles. The topological polar surface area (TPSA) is 61.2 Å². The van der Waals surface area contributed by atoms with E-state index >= 15 is 0 Å². The molecule has 1 N–H and O–H groups in total. The molecule has 4 nitrogen and oxygen atoms in total. The summed E-state index contributed by atoms with van der Waals surface area (Å²) in [6.07, 6.45) is -3.38. The molecule has 0 radical (unpaired) electrons. The number of piperidine rings is 1. The molecule has 29 heavy (non-hydrogen) atoms. The van der Waals surface area contributed by atoms with Crippen LogP contribution < -0.4 is 0 Å². The van der Waals surface area contributed by atoms with E-state index in [1.807, 2.05) is 0 Å². The lowest BCUT2D eigenvalue weighted by molar-refractivity contribution is -0.137. The van der Waals surface area contributed by atoms with Crippen molar-refractivity contribution in [2.75, 3.05) is 13.1 Å². The zero-order valence-electron chi connectivity index (χ0n) is 17.3. The Morgan fingerprint density at radius 1 is 1.24 bits per heavy atom. The first kappa shape index (κ1) is 23.4. The summed E-state index contributed by atoms with van der Waals surface area (Å²) in [5.74, 6) is 3.35. The van der Waals surface area contributed by atoms with Crippen LogP contribution in [0.5, 0.6) is 0 Å². The second kappa shape index (κ2) is 8.13. The molecule has 1 aliphatic heterocycles. The van der Waals surface area contributed by atoms with E-state index in [-0.39, 0.29) is 28.4 Å². The van der Waals surface area contributed by atoms with Gasteiger partial charge in [0.1, 0.15) is 0 Å². The Hall–Kier alpha value is -1.83. The second-order valence-electron chi connectivity index (χ2n) is 8.44. The molecule has 8 heteroatoms. The third kappa shape index (κ3) is 4.68. The van der Waals surface area contributed by atoms with Gasteiger partial charge in [-0.05, 0) is 56.7 Å². The fourth-order valence-corrected chi connectivity index (χ4v) is 5.64. The summed E-state index contributed by atoms with van der Waals surface area (Å²) in [6.45, 7) is 8.01. The van der Waals surface area contributed by atoms with Gasteiger partial charge in [-0.3, -0.25) is 14.4 Å². The SMILES string of the molecule is C=S(=O)(c1cccc(C(F)(F)F)c1)C(C)(C)C1CCN(C(=O)C(=N)C(C)C)CC1. The van der Waals surface area contributed by atoms with Crippen molar-refractivity contribution < 1.29 is 22.2 Å². The van der Waals surface area contributed by atoms with Crippen molar-refractivity contribution in [1.82, 2.24) is 4.90 Å². The number of likely N-dealkylation sites (tertiary alicyclic amines) is 1. The smallest absolute Gasteiger partial charge is 0.338 e. The van der Waals surface area contributed by atoms with Gasteiger partial charge in [0.25, 0.3) is 5.91 Å². The van der Waals surface area contributed by atoms with Crippen LogP contribution in [0.15, 0.2) is 29.2 Å². The van der Waals surface area contributed by atoms with Crippen LogP contribution in [0.2, 0.25) is 0 Å². The number of amides is 1. The molecule has 1 atom stereocenters. The predicted molar refractivity (Wildman–Crippen MR) is 111 cm³/mol. The van der Waals surface area contributed by atoms with Gasteiger partial charge in [0.15, 0.2) is 0 Å². The van der Waals surface area contributed by atoms with E-state index in [2.05, 4.69) is 5.87 Å². The zero-order valence-corrected chi connectivity index (χ0v) is 18.1. The summed E-state index contributed by atoms with van der Waals surface area (Å²) in [5.41, 5.74) is -0.776. The van der Waals surface area contributed by atoms with E-state index in [0.29, 0.717) is 25.9 Å². The number of carbonyl (C=O) groups is 1. The number of nitrogens with zero attached hydrogens (tertiary/aromatic N) is 1. The number of hydrogen-bond donors (Lipinski definition) is 1.